The Bertz CT molecular complexity index is 498. The van der Waals surface area contributed by atoms with Gasteiger partial charge in [0, 0.05) is 12.6 Å². The van der Waals surface area contributed by atoms with Gasteiger partial charge in [0.05, 0.1) is 11.5 Å². The number of para-hydroxylation sites is 2. The summed E-state index contributed by atoms with van der Waals surface area (Å²) in [5, 5.41) is 24.8. The van der Waals surface area contributed by atoms with Crippen molar-refractivity contribution >= 4 is 11.4 Å². The summed E-state index contributed by atoms with van der Waals surface area (Å²) in [6.07, 6.45) is 1.34. The summed E-state index contributed by atoms with van der Waals surface area (Å²) in [6.45, 7) is 0.979. The zero-order valence-corrected chi connectivity index (χ0v) is 8.85. The predicted molar refractivity (Wildman–Crippen MR) is 59.4 cm³/mol. The highest BCUT2D eigenvalue weighted by Gasteiger charge is 2.11. The minimum absolute atomic E-state index is 0.0547. The van der Waals surface area contributed by atoms with Crippen LogP contribution >= 0.6 is 0 Å². The first-order valence-corrected chi connectivity index (χ1v) is 4.95. The van der Waals surface area contributed by atoms with Gasteiger partial charge in [0.25, 0.3) is 5.69 Å². The van der Waals surface area contributed by atoms with Crippen LogP contribution in [0.2, 0.25) is 0 Å². The van der Waals surface area contributed by atoms with Crippen LogP contribution < -0.4 is 5.32 Å². The van der Waals surface area contributed by atoms with Crippen LogP contribution in [0.5, 0.6) is 0 Å². The topological polar surface area (TPSA) is 98.8 Å². The maximum Gasteiger partial charge on any atom is 0.292 e. The molecule has 8 heteroatoms. The molecule has 0 fully saturated rings. The number of hydrogen-bond donors (Lipinski definition) is 1. The van der Waals surface area contributed by atoms with E-state index >= 15 is 0 Å². The molecule has 2 aromatic rings. The molecule has 8 nitrogen and oxygen atoms in total. The molecule has 1 N–H and O–H groups in total. The van der Waals surface area contributed by atoms with Crippen molar-refractivity contribution < 1.29 is 4.92 Å². The van der Waals surface area contributed by atoms with E-state index in [4.69, 9.17) is 0 Å². The molecule has 0 unspecified atom stereocenters. The van der Waals surface area contributed by atoms with Gasteiger partial charge in [0.1, 0.15) is 5.69 Å². The third kappa shape index (κ3) is 2.74. The summed E-state index contributed by atoms with van der Waals surface area (Å²) in [7, 11) is 0. The van der Waals surface area contributed by atoms with E-state index in [-0.39, 0.29) is 5.69 Å². The molecule has 1 aromatic carbocycles. The van der Waals surface area contributed by atoms with Gasteiger partial charge in [-0.25, -0.2) is 0 Å². The second kappa shape index (κ2) is 5.01. The van der Waals surface area contributed by atoms with Gasteiger partial charge >= 0.3 is 0 Å². The van der Waals surface area contributed by atoms with Crippen molar-refractivity contribution in [3.05, 3.63) is 40.7 Å². The average Bonchev–Trinajstić information content (AvgIpc) is 2.82. The van der Waals surface area contributed by atoms with E-state index in [2.05, 4.69) is 20.7 Å². The van der Waals surface area contributed by atoms with Crippen LogP contribution in [0.3, 0.4) is 0 Å². The van der Waals surface area contributed by atoms with Crippen LogP contribution in [0, 0.1) is 10.1 Å². The molecule has 0 spiro atoms. The Morgan fingerprint density at radius 3 is 2.94 bits per heavy atom. The molecule has 17 heavy (non-hydrogen) atoms. The molecule has 0 aliphatic rings. The van der Waals surface area contributed by atoms with Crippen molar-refractivity contribution in [1.82, 2.24) is 20.2 Å². The molecular formula is C9H10N6O2. The van der Waals surface area contributed by atoms with Crippen LogP contribution in [0.4, 0.5) is 11.4 Å². The lowest BCUT2D eigenvalue weighted by molar-refractivity contribution is -0.384. The number of nitrogens with zero attached hydrogens (tertiary/aromatic N) is 5. The average molecular weight is 234 g/mol. The Hall–Kier alpha value is -2.51. The third-order valence-electron chi connectivity index (χ3n) is 2.12. The predicted octanol–water partition coefficient (Wildman–Crippen LogP) is 0.693. The van der Waals surface area contributed by atoms with Crippen molar-refractivity contribution in [3.8, 4) is 0 Å². The van der Waals surface area contributed by atoms with E-state index in [0.717, 1.165) is 0 Å². The Balaban J connectivity index is 1.97. The lowest BCUT2D eigenvalue weighted by atomic mass is 10.2. The van der Waals surface area contributed by atoms with Gasteiger partial charge in [-0.1, -0.05) is 12.1 Å². The van der Waals surface area contributed by atoms with E-state index in [1.807, 2.05) is 0 Å². The molecule has 0 radical (unpaired) electrons. The van der Waals surface area contributed by atoms with Gasteiger partial charge < -0.3 is 5.32 Å². The van der Waals surface area contributed by atoms with Crippen molar-refractivity contribution in [3.63, 3.8) is 0 Å². The molecule has 0 bridgehead atoms. The van der Waals surface area contributed by atoms with E-state index in [1.165, 1.54) is 17.2 Å². The standard InChI is InChI=1S/C9H10N6O2/c16-15(17)9-4-2-1-3-8(9)10-5-6-14-12-7-11-13-14/h1-4,7,10H,5-6H2. The molecular weight excluding hydrogens is 224 g/mol. The second-order valence-electron chi connectivity index (χ2n) is 3.23. The summed E-state index contributed by atoms with van der Waals surface area (Å²) in [4.78, 5) is 11.7. The summed E-state index contributed by atoms with van der Waals surface area (Å²) in [6, 6.07) is 6.48. The monoisotopic (exact) mass is 234 g/mol. The van der Waals surface area contributed by atoms with Gasteiger partial charge in [-0.05, 0) is 11.3 Å². The number of nitrogens with one attached hydrogen (secondary N) is 1. The molecule has 0 aliphatic carbocycles. The zero-order chi connectivity index (χ0) is 12.1. The lowest BCUT2D eigenvalue weighted by Crippen LogP contribution is -2.13. The number of tetrazole rings is 1. The number of rotatable bonds is 5. The minimum Gasteiger partial charge on any atom is -0.378 e. The zero-order valence-electron chi connectivity index (χ0n) is 8.85. The molecule has 1 aromatic heterocycles. The molecule has 0 amide bonds. The molecule has 88 valence electrons. The molecule has 0 atom stereocenters. The summed E-state index contributed by atoms with van der Waals surface area (Å²) in [5.41, 5.74) is 0.539. The summed E-state index contributed by atoms with van der Waals surface area (Å²) >= 11 is 0. The Kier molecular flexibility index (Phi) is 3.24. The maximum absolute atomic E-state index is 10.7. The van der Waals surface area contributed by atoms with Gasteiger partial charge in [0.15, 0.2) is 6.33 Å². The quantitative estimate of drug-likeness (QED) is 0.603. The number of anilines is 1. The van der Waals surface area contributed by atoms with Gasteiger partial charge in [-0.2, -0.15) is 4.80 Å². The lowest BCUT2D eigenvalue weighted by Gasteiger charge is -2.05. The highest BCUT2D eigenvalue weighted by molar-refractivity contribution is 5.60. The maximum atomic E-state index is 10.7. The van der Waals surface area contributed by atoms with E-state index in [1.54, 1.807) is 18.2 Å². The van der Waals surface area contributed by atoms with Crippen molar-refractivity contribution in [2.75, 3.05) is 11.9 Å². The Labute approximate surface area is 96.4 Å². The van der Waals surface area contributed by atoms with Crippen LogP contribution in [0.15, 0.2) is 30.6 Å². The number of hydrogen-bond acceptors (Lipinski definition) is 6. The first-order chi connectivity index (χ1) is 8.27. The normalized spacial score (nSPS) is 10.1. The van der Waals surface area contributed by atoms with Gasteiger partial charge in [0.2, 0.25) is 0 Å². The minimum atomic E-state index is -0.421. The Morgan fingerprint density at radius 2 is 2.24 bits per heavy atom. The first-order valence-electron chi connectivity index (χ1n) is 4.95. The van der Waals surface area contributed by atoms with Crippen LogP contribution in [0.25, 0.3) is 0 Å². The van der Waals surface area contributed by atoms with E-state index in [9.17, 15) is 10.1 Å². The fraction of sp³-hybridized carbons (Fsp3) is 0.222. The molecule has 2 rings (SSSR count). The number of benzene rings is 1. The molecule has 1 heterocycles. The van der Waals surface area contributed by atoms with E-state index < -0.39 is 4.92 Å². The molecule has 0 aliphatic heterocycles. The fourth-order valence-corrected chi connectivity index (χ4v) is 1.36. The molecule has 0 saturated carbocycles. The van der Waals surface area contributed by atoms with Crippen molar-refractivity contribution in [2.45, 2.75) is 6.54 Å². The van der Waals surface area contributed by atoms with Crippen molar-refractivity contribution in [1.29, 1.82) is 0 Å². The number of nitro groups is 1. The van der Waals surface area contributed by atoms with Gasteiger partial charge in [-0.15, -0.1) is 10.2 Å². The first kappa shape index (κ1) is 11.0. The highest BCUT2D eigenvalue weighted by atomic mass is 16.6. The summed E-state index contributed by atoms with van der Waals surface area (Å²) < 4.78 is 0. The van der Waals surface area contributed by atoms with Crippen molar-refractivity contribution in [2.24, 2.45) is 0 Å². The summed E-state index contributed by atoms with van der Waals surface area (Å²) in [5.74, 6) is 0. The third-order valence-corrected chi connectivity index (χ3v) is 2.12. The smallest absolute Gasteiger partial charge is 0.292 e. The fourth-order valence-electron chi connectivity index (χ4n) is 1.36. The number of aromatic nitrogens is 4. The SMILES string of the molecule is O=[N+]([O-])c1ccccc1NCCn1ncnn1. The van der Waals surface area contributed by atoms with Crippen LogP contribution in [0.1, 0.15) is 0 Å². The second-order valence-corrected chi connectivity index (χ2v) is 3.23. The van der Waals surface area contributed by atoms with E-state index in [0.29, 0.717) is 18.8 Å². The van der Waals surface area contributed by atoms with Gasteiger partial charge in [-0.3, -0.25) is 10.1 Å². The van der Waals surface area contributed by atoms with Crippen LogP contribution in [-0.2, 0) is 6.54 Å². The Morgan fingerprint density at radius 1 is 1.41 bits per heavy atom. The number of nitro benzene ring substituents is 1. The highest BCUT2D eigenvalue weighted by Crippen LogP contribution is 2.22. The molecule has 0 saturated heterocycles. The van der Waals surface area contributed by atoms with Crippen LogP contribution in [-0.4, -0.2) is 31.7 Å². The largest absolute Gasteiger partial charge is 0.378 e.